The highest BCUT2D eigenvalue weighted by Gasteiger charge is 2.34. The molecular weight excluding hydrogens is 388 g/mol. The number of alkyl carbamates (subject to hydrolysis) is 1. The minimum Gasteiger partial charge on any atom is -0.467 e. The van der Waals surface area contributed by atoms with Crippen LogP contribution in [0.4, 0.5) is 4.79 Å². The van der Waals surface area contributed by atoms with Gasteiger partial charge < -0.3 is 24.8 Å². The van der Waals surface area contributed by atoms with E-state index in [4.69, 9.17) is 9.47 Å². The fraction of sp³-hybridized carbons (Fsp3) is 0.778. The molecule has 0 aromatic heterocycles. The maximum Gasteiger partial charge on any atom is 0.408 e. The predicted molar refractivity (Wildman–Crippen MR) is 104 cm³/mol. The Bertz CT molecular complexity index is 591. The van der Waals surface area contributed by atoms with Crippen molar-refractivity contribution >= 4 is 35.7 Å². The van der Waals surface area contributed by atoms with Crippen molar-refractivity contribution in [2.45, 2.75) is 52.3 Å². The van der Waals surface area contributed by atoms with E-state index in [-0.39, 0.29) is 23.6 Å². The smallest absolute Gasteiger partial charge is 0.408 e. The van der Waals surface area contributed by atoms with Crippen molar-refractivity contribution in [1.29, 1.82) is 0 Å². The van der Waals surface area contributed by atoms with Crippen LogP contribution in [0.1, 0.15) is 34.6 Å². The first-order valence-electron chi connectivity index (χ1n) is 9.06. The van der Waals surface area contributed by atoms with Crippen molar-refractivity contribution in [3.05, 3.63) is 0 Å². The first-order chi connectivity index (χ1) is 12.9. The molecule has 1 heterocycles. The number of rotatable bonds is 8. The van der Waals surface area contributed by atoms with Crippen LogP contribution in [-0.2, 0) is 28.6 Å². The van der Waals surface area contributed by atoms with Gasteiger partial charge in [-0.2, -0.15) is 11.8 Å². The molecule has 0 saturated carbocycles. The van der Waals surface area contributed by atoms with E-state index in [0.29, 0.717) is 12.4 Å². The van der Waals surface area contributed by atoms with E-state index in [1.807, 2.05) is 6.92 Å². The summed E-state index contributed by atoms with van der Waals surface area (Å²) in [5, 5.41) is 5.03. The Kier molecular flexibility index (Phi) is 9.06. The van der Waals surface area contributed by atoms with Crippen molar-refractivity contribution < 1.29 is 33.4 Å². The topological polar surface area (TPSA) is 120 Å². The molecule has 0 aliphatic carbocycles. The van der Waals surface area contributed by atoms with Gasteiger partial charge in [0, 0.05) is 17.4 Å². The molecule has 0 bridgehead atoms. The number of esters is 2. The number of carbonyl (C=O) groups excluding carboxylic acids is 4. The quantitative estimate of drug-likeness (QED) is 0.444. The Labute approximate surface area is 169 Å². The molecule has 1 aliphatic heterocycles. The molecule has 1 rings (SSSR count). The summed E-state index contributed by atoms with van der Waals surface area (Å²) in [6.45, 7) is 8.93. The van der Waals surface area contributed by atoms with Gasteiger partial charge in [0.05, 0.1) is 19.6 Å². The second-order valence-corrected chi connectivity index (χ2v) is 8.78. The molecule has 0 aromatic carbocycles. The lowest BCUT2D eigenvalue weighted by Crippen LogP contribution is -2.53. The van der Waals surface area contributed by atoms with Crippen LogP contribution in [0.15, 0.2) is 0 Å². The lowest BCUT2D eigenvalue weighted by atomic mass is 10.0. The number of hydrogen-bond acceptors (Lipinski definition) is 8. The summed E-state index contributed by atoms with van der Waals surface area (Å²) in [6, 6.07) is -1.81. The molecule has 28 heavy (non-hydrogen) atoms. The highest BCUT2D eigenvalue weighted by molar-refractivity contribution is 7.99. The molecule has 4 atom stereocenters. The summed E-state index contributed by atoms with van der Waals surface area (Å²) >= 11 is 1.35. The number of methoxy groups -OCH3 is 1. The number of carbonyl (C=O) groups is 4. The summed E-state index contributed by atoms with van der Waals surface area (Å²) in [7, 11) is 1.22. The van der Waals surface area contributed by atoms with Crippen LogP contribution in [0.2, 0.25) is 0 Å². The SMILES string of the molecule is COC(=O)[C@H](C)NC(=O)[C@@H](CSCC1C(=O)OC[C@H]1C)NC(=O)OC(C)(C)C. The minimum atomic E-state index is -0.945. The number of cyclic esters (lactones) is 1. The highest BCUT2D eigenvalue weighted by Crippen LogP contribution is 2.25. The zero-order valence-electron chi connectivity index (χ0n) is 17.2. The van der Waals surface area contributed by atoms with Gasteiger partial charge in [-0.05, 0) is 27.7 Å². The van der Waals surface area contributed by atoms with Crippen molar-refractivity contribution in [2.24, 2.45) is 11.8 Å². The summed E-state index contributed by atoms with van der Waals surface area (Å²) in [5.41, 5.74) is -0.722. The second-order valence-electron chi connectivity index (χ2n) is 7.70. The van der Waals surface area contributed by atoms with Crippen LogP contribution in [0.25, 0.3) is 0 Å². The van der Waals surface area contributed by atoms with Gasteiger partial charge >= 0.3 is 18.0 Å². The Hall–Kier alpha value is -1.97. The molecule has 0 spiro atoms. The summed E-state index contributed by atoms with van der Waals surface area (Å²) in [4.78, 5) is 47.9. The number of hydrogen-bond donors (Lipinski definition) is 2. The van der Waals surface area contributed by atoms with Gasteiger partial charge in [-0.3, -0.25) is 9.59 Å². The third-order valence-electron chi connectivity index (χ3n) is 3.98. The number of ether oxygens (including phenoxy) is 3. The van der Waals surface area contributed by atoms with Crippen molar-refractivity contribution in [3.63, 3.8) is 0 Å². The number of thioether (sulfide) groups is 1. The zero-order chi connectivity index (χ0) is 21.5. The van der Waals surface area contributed by atoms with Crippen LogP contribution in [0.3, 0.4) is 0 Å². The lowest BCUT2D eigenvalue weighted by molar-refractivity contribution is -0.144. The fourth-order valence-corrected chi connectivity index (χ4v) is 3.72. The maximum atomic E-state index is 12.5. The molecule has 10 heteroatoms. The van der Waals surface area contributed by atoms with Crippen LogP contribution in [-0.4, -0.2) is 66.8 Å². The van der Waals surface area contributed by atoms with Crippen molar-refractivity contribution in [2.75, 3.05) is 25.2 Å². The molecule has 2 amide bonds. The first-order valence-corrected chi connectivity index (χ1v) is 10.2. The van der Waals surface area contributed by atoms with E-state index in [9.17, 15) is 19.2 Å². The van der Waals surface area contributed by atoms with E-state index in [1.54, 1.807) is 20.8 Å². The number of nitrogens with one attached hydrogen (secondary N) is 2. The summed E-state index contributed by atoms with van der Waals surface area (Å²) in [6.07, 6.45) is -0.743. The normalized spacial score (nSPS) is 21.3. The van der Waals surface area contributed by atoms with Crippen LogP contribution in [0.5, 0.6) is 0 Å². The van der Waals surface area contributed by atoms with Crippen LogP contribution >= 0.6 is 11.8 Å². The minimum absolute atomic E-state index is 0.102. The molecule has 2 N–H and O–H groups in total. The van der Waals surface area contributed by atoms with E-state index >= 15 is 0 Å². The molecule has 0 radical (unpaired) electrons. The summed E-state index contributed by atoms with van der Waals surface area (Å²) in [5.74, 6) is -0.866. The molecule has 1 unspecified atom stereocenters. The molecule has 160 valence electrons. The molecule has 0 aromatic rings. The Morgan fingerprint density at radius 1 is 1.29 bits per heavy atom. The van der Waals surface area contributed by atoms with Gasteiger partial charge in [0.2, 0.25) is 5.91 Å². The molecule has 9 nitrogen and oxygen atoms in total. The van der Waals surface area contributed by atoms with Gasteiger partial charge in [-0.25, -0.2) is 9.59 Å². The van der Waals surface area contributed by atoms with E-state index in [2.05, 4.69) is 15.4 Å². The van der Waals surface area contributed by atoms with Gasteiger partial charge in [0.25, 0.3) is 0 Å². The highest BCUT2D eigenvalue weighted by atomic mass is 32.2. The van der Waals surface area contributed by atoms with Crippen LogP contribution in [0, 0.1) is 11.8 Å². The van der Waals surface area contributed by atoms with E-state index in [0.717, 1.165) is 0 Å². The third-order valence-corrected chi connectivity index (χ3v) is 5.14. The standard InChI is InChI=1S/C18H30N2O7S/c1-10-7-26-16(23)12(10)8-28-9-13(20-17(24)27-18(3,4)5)14(21)19-11(2)15(22)25-6/h10-13H,7-9H2,1-6H3,(H,19,21)(H,20,24)/t10-,11+,12?,13-/m1/s1. The van der Waals surface area contributed by atoms with Crippen molar-refractivity contribution in [1.82, 2.24) is 10.6 Å². The van der Waals surface area contributed by atoms with E-state index < -0.39 is 35.7 Å². The summed E-state index contributed by atoms with van der Waals surface area (Å²) < 4.78 is 14.8. The Balaban J connectivity index is 2.70. The maximum absolute atomic E-state index is 12.5. The molecule has 1 saturated heterocycles. The Morgan fingerprint density at radius 3 is 2.43 bits per heavy atom. The first kappa shape index (κ1) is 24.1. The second kappa shape index (κ2) is 10.5. The number of amides is 2. The molecule has 1 fully saturated rings. The third kappa shape index (κ3) is 7.95. The lowest BCUT2D eigenvalue weighted by Gasteiger charge is -2.24. The fourth-order valence-electron chi connectivity index (χ4n) is 2.40. The largest absolute Gasteiger partial charge is 0.467 e. The van der Waals surface area contributed by atoms with Gasteiger partial charge in [-0.1, -0.05) is 6.92 Å². The van der Waals surface area contributed by atoms with Gasteiger partial charge in [0.15, 0.2) is 0 Å². The average Bonchev–Trinajstić information content (AvgIpc) is 2.90. The monoisotopic (exact) mass is 418 g/mol. The zero-order valence-corrected chi connectivity index (χ0v) is 18.0. The van der Waals surface area contributed by atoms with Crippen molar-refractivity contribution in [3.8, 4) is 0 Å². The Morgan fingerprint density at radius 2 is 1.93 bits per heavy atom. The van der Waals surface area contributed by atoms with Gasteiger partial charge in [0.1, 0.15) is 17.7 Å². The predicted octanol–water partition coefficient (Wildman–Crippen LogP) is 1.10. The van der Waals surface area contributed by atoms with Crippen LogP contribution < -0.4 is 10.6 Å². The molecular formula is C18H30N2O7S. The molecule has 1 aliphatic rings. The van der Waals surface area contributed by atoms with Gasteiger partial charge in [-0.15, -0.1) is 0 Å². The average molecular weight is 419 g/mol. The van der Waals surface area contributed by atoms with E-state index in [1.165, 1.54) is 25.8 Å².